The minimum atomic E-state index is -1.14. The van der Waals surface area contributed by atoms with E-state index in [0.717, 1.165) is 6.07 Å². The van der Waals surface area contributed by atoms with Crippen LogP contribution in [0.25, 0.3) is 0 Å². The van der Waals surface area contributed by atoms with Crippen molar-refractivity contribution in [2.75, 3.05) is 6.61 Å². The summed E-state index contributed by atoms with van der Waals surface area (Å²) >= 11 is 0. The quantitative estimate of drug-likeness (QED) is 0.834. The second kappa shape index (κ2) is 4.89. The maximum Gasteiger partial charge on any atom is 0.335 e. The van der Waals surface area contributed by atoms with E-state index >= 15 is 0 Å². The summed E-state index contributed by atoms with van der Waals surface area (Å²) in [5, 5.41) is 8.74. The van der Waals surface area contributed by atoms with Crippen molar-refractivity contribution in [2.45, 2.75) is 20.0 Å². The Kier molecular flexibility index (Phi) is 3.80. The smallest absolute Gasteiger partial charge is 0.335 e. The van der Waals surface area contributed by atoms with Crippen molar-refractivity contribution in [3.63, 3.8) is 0 Å². The van der Waals surface area contributed by atoms with Crippen molar-refractivity contribution in [1.82, 2.24) is 0 Å². The third-order valence-electron chi connectivity index (χ3n) is 2.05. The topological polar surface area (TPSA) is 46.5 Å². The van der Waals surface area contributed by atoms with Crippen molar-refractivity contribution in [2.24, 2.45) is 0 Å². The highest BCUT2D eigenvalue weighted by atomic mass is 19.1. The van der Waals surface area contributed by atoms with E-state index < -0.39 is 11.8 Å². The van der Waals surface area contributed by atoms with E-state index in [0.29, 0.717) is 12.2 Å². The van der Waals surface area contributed by atoms with Gasteiger partial charge in [0.2, 0.25) is 0 Å². The fourth-order valence-corrected chi connectivity index (χ4v) is 1.32. The van der Waals surface area contributed by atoms with Crippen LogP contribution >= 0.6 is 0 Å². The molecule has 0 amide bonds. The number of carboxylic acid groups (broad SMARTS) is 1. The van der Waals surface area contributed by atoms with Gasteiger partial charge in [0.1, 0.15) is 5.82 Å². The summed E-state index contributed by atoms with van der Waals surface area (Å²) in [4.78, 5) is 10.7. The SMILES string of the molecule is CCO[C@@H](C)c1cc(F)cc(C(=O)O)c1. The lowest BCUT2D eigenvalue weighted by atomic mass is 10.1. The molecule has 3 nitrogen and oxygen atoms in total. The Hall–Kier alpha value is -1.42. The van der Waals surface area contributed by atoms with Gasteiger partial charge < -0.3 is 9.84 Å². The molecule has 4 heteroatoms. The van der Waals surface area contributed by atoms with Crippen LogP contribution in [0.2, 0.25) is 0 Å². The average molecular weight is 212 g/mol. The summed E-state index contributed by atoms with van der Waals surface area (Å²) in [5.74, 6) is -1.70. The predicted octanol–water partition coefficient (Wildman–Crippen LogP) is 2.62. The van der Waals surface area contributed by atoms with Crippen molar-refractivity contribution < 1.29 is 19.0 Å². The number of ether oxygens (including phenoxy) is 1. The molecule has 0 heterocycles. The first-order chi connectivity index (χ1) is 7.04. The number of benzene rings is 1. The average Bonchev–Trinajstić information content (AvgIpc) is 2.17. The molecule has 0 aliphatic heterocycles. The number of carboxylic acids is 1. The summed E-state index contributed by atoms with van der Waals surface area (Å²) < 4.78 is 18.3. The lowest BCUT2D eigenvalue weighted by Gasteiger charge is -2.12. The summed E-state index contributed by atoms with van der Waals surface area (Å²) in [5.41, 5.74) is 0.478. The summed E-state index contributed by atoms with van der Waals surface area (Å²) in [6.45, 7) is 4.08. The van der Waals surface area contributed by atoms with Gasteiger partial charge >= 0.3 is 5.97 Å². The normalized spacial score (nSPS) is 12.5. The van der Waals surface area contributed by atoms with E-state index in [-0.39, 0.29) is 11.7 Å². The fraction of sp³-hybridized carbons (Fsp3) is 0.364. The molecule has 0 unspecified atom stereocenters. The molecule has 0 spiro atoms. The zero-order valence-electron chi connectivity index (χ0n) is 8.66. The molecule has 1 atom stereocenters. The zero-order valence-corrected chi connectivity index (χ0v) is 8.66. The van der Waals surface area contributed by atoms with Gasteiger partial charge in [0, 0.05) is 6.61 Å². The molecule has 1 aromatic carbocycles. The molecule has 0 saturated heterocycles. The van der Waals surface area contributed by atoms with Crippen LogP contribution < -0.4 is 0 Å². The van der Waals surface area contributed by atoms with Gasteiger partial charge in [-0.15, -0.1) is 0 Å². The molecule has 0 aliphatic carbocycles. The van der Waals surface area contributed by atoms with E-state index in [1.807, 2.05) is 6.92 Å². The van der Waals surface area contributed by atoms with Gasteiger partial charge in [0.25, 0.3) is 0 Å². The second-order valence-electron chi connectivity index (χ2n) is 3.18. The molecule has 82 valence electrons. The first-order valence-corrected chi connectivity index (χ1v) is 4.70. The highest BCUT2D eigenvalue weighted by Gasteiger charge is 2.11. The van der Waals surface area contributed by atoms with Crippen LogP contribution in [0.1, 0.15) is 35.9 Å². The first-order valence-electron chi connectivity index (χ1n) is 4.70. The number of aromatic carboxylic acids is 1. The molecule has 0 bridgehead atoms. The van der Waals surface area contributed by atoms with E-state index in [1.165, 1.54) is 12.1 Å². The number of carbonyl (C=O) groups is 1. The Balaban J connectivity index is 3.03. The second-order valence-corrected chi connectivity index (χ2v) is 3.18. The molecule has 15 heavy (non-hydrogen) atoms. The van der Waals surface area contributed by atoms with Crippen molar-refractivity contribution in [1.29, 1.82) is 0 Å². The monoisotopic (exact) mass is 212 g/mol. The van der Waals surface area contributed by atoms with Crippen LogP contribution in [-0.4, -0.2) is 17.7 Å². The van der Waals surface area contributed by atoms with E-state index in [1.54, 1.807) is 6.92 Å². The first kappa shape index (κ1) is 11.7. The molecule has 1 aromatic rings. The third-order valence-corrected chi connectivity index (χ3v) is 2.05. The molecule has 0 saturated carbocycles. The molecular weight excluding hydrogens is 199 g/mol. The van der Waals surface area contributed by atoms with E-state index in [9.17, 15) is 9.18 Å². The summed E-state index contributed by atoms with van der Waals surface area (Å²) in [6, 6.07) is 3.70. The fourth-order valence-electron chi connectivity index (χ4n) is 1.32. The molecule has 0 radical (unpaired) electrons. The van der Waals surface area contributed by atoms with Gasteiger partial charge in [-0.3, -0.25) is 0 Å². The van der Waals surface area contributed by atoms with Crippen LogP contribution in [0, 0.1) is 5.82 Å². The van der Waals surface area contributed by atoms with E-state index in [4.69, 9.17) is 9.84 Å². The number of hydrogen-bond acceptors (Lipinski definition) is 2. The Bertz CT molecular complexity index is 363. The van der Waals surface area contributed by atoms with Crippen LogP contribution in [-0.2, 0) is 4.74 Å². The van der Waals surface area contributed by atoms with Crippen LogP contribution in [0.15, 0.2) is 18.2 Å². The standard InChI is InChI=1S/C11H13FO3/c1-3-15-7(2)8-4-9(11(13)14)6-10(12)5-8/h4-7H,3H2,1-2H3,(H,13,14)/t7-/m0/s1. The Morgan fingerprint density at radius 1 is 1.53 bits per heavy atom. The third kappa shape index (κ3) is 3.02. The van der Waals surface area contributed by atoms with Gasteiger partial charge in [-0.05, 0) is 37.6 Å². The molecule has 0 fully saturated rings. The van der Waals surface area contributed by atoms with Gasteiger partial charge in [-0.2, -0.15) is 0 Å². The van der Waals surface area contributed by atoms with Gasteiger partial charge in [-0.1, -0.05) is 0 Å². The largest absolute Gasteiger partial charge is 0.478 e. The lowest BCUT2D eigenvalue weighted by Crippen LogP contribution is -2.04. The maximum atomic E-state index is 13.1. The summed E-state index contributed by atoms with van der Waals surface area (Å²) in [6.07, 6.45) is -0.302. The Labute approximate surface area is 87.5 Å². The van der Waals surface area contributed by atoms with Crippen molar-refractivity contribution in [3.8, 4) is 0 Å². The van der Waals surface area contributed by atoms with Crippen molar-refractivity contribution in [3.05, 3.63) is 35.1 Å². The Morgan fingerprint density at radius 3 is 2.73 bits per heavy atom. The molecule has 0 aliphatic rings. The van der Waals surface area contributed by atoms with Gasteiger partial charge in [0.15, 0.2) is 0 Å². The lowest BCUT2D eigenvalue weighted by molar-refractivity contribution is 0.0691. The minimum Gasteiger partial charge on any atom is -0.478 e. The molecule has 1 N–H and O–H groups in total. The van der Waals surface area contributed by atoms with Crippen LogP contribution in [0.5, 0.6) is 0 Å². The van der Waals surface area contributed by atoms with E-state index in [2.05, 4.69) is 0 Å². The zero-order chi connectivity index (χ0) is 11.4. The molecular formula is C11H13FO3. The minimum absolute atomic E-state index is 0.0587. The Morgan fingerprint density at radius 2 is 2.20 bits per heavy atom. The number of hydrogen-bond donors (Lipinski definition) is 1. The summed E-state index contributed by atoms with van der Waals surface area (Å²) in [7, 11) is 0. The molecule has 0 aromatic heterocycles. The number of halogens is 1. The maximum absolute atomic E-state index is 13.1. The highest BCUT2D eigenvalue weighted by molar-refractivity contribution is 5.87. The predicted molar refractivity (Wildman–Crippen MR) is 53.4 cm³/mol. The van der Waals surface area contributed by atoms with Gasteiger partial charge in [-0.25, -0.2) is 9.18 Å². The van der Waals surface area contributed by atoms with Crippen LogP contribution in [0.4, 0.5) is 4.39 Å². The number of rotatable bonds is 4. The van der Waals surface area contributed by atoms with Crippen LogP contribution in [0.3, 0.4) is 0 Å². The highest BCUT2D eigenvalue weighted by Crippen LogP contribution is 2.19. The van der Waals surface area contributed by atoms with Gasteiger partial charge in [0.05, 0.1) is 11.7 Å². The molecule has 1 rings (SSSR count). The van der Waals surface area contributed by atoms with Crippen molar-refractivity contribution >= 4 is 5.97 Å².